The fourth-order valence-electron chi connectivity index (χ4n) is 1.64. The van der Waals surface area contributed by atoms with Gasteiger partial charge < -0.3 is 20.9 Å². The maximum absolute atomic E-state index is 11.4. The van der Waals surface area contributed by atoms with Gasteiger partial charge in [-0.05, 0) is 24.5 Å². The molecule has 0 radical (unpaired) electrons. The zero-order valence-corrected chi connectivity index (χ0v) is 12.3. The lowest BCUT2D eigenvalue weighted by molar-refractivity contribution is -0.138. The van der Waals surface area contributed by atoms with Gasteiger partial charge in [-0.25, -0.2) is 4.79 Å². The molecule has 4 N–H and O–H groups in total. The van der Waals surface area contributed by atoms with E-state index in [1.165, 1.54) is 0 Å². The van der Waals surface area contributed by atoms with Crippen molar-refractivity contribution in [3.63, 3.8) is 0 Å². The third-order valence-corrected chi connectivity index (χ3v) is 3.21. The first-order valence-electron chi connectivity index (χ1n) is 6.63. The first-order chi connectivity index (χ1) is 10.0. The van der Waals surface area contributed by atoms with Crippen LogP contribution in [0.5, 0.6) is 0 Å². The second kappa shape index (κ2) is 9.20. The number of nitrogens with two attached hydrogens (primary N) is 1. The van der Waals surface area contributed by atoms with Crippen molar-refractivity contribution in [3.05, 3.63) is 34.9 Å². The number of rotatable bonds is 8. The van der Waals surface area contributed by atoms with Gasteiger partial charge in [0.15, 0.2) is 0 Å². The summed E-state index contributed by atoms with van der Waals surface area (Å²) >= 11 is 5.98. The Labute approximate surface area is 128 Å². The largest absolute Gasteiger partial charge is 0.480 e. The smallest absolute Gasteiger partial charge is 0.407 e. The Bertz CT molecular complexity index is 482. The van der Waals surface area contributed by atoms with E-state index < -0.39 is 18.1 Å². The van der Waals surface area contributed by atoms with Crippen molar-refractivity contribution < 1.29 is 19.4 Å². The predicted molar refractivity (Wildman–Crippen MR) is 79.4 cm³/mol. The third-order valence-electron chi connectivity index (χ3n) is 2.84. The van der Waals surface area contributed by atoms with Crippen LogP contribution in [-0.2, 0) is 16.0 Å². The van der Waals surface area contributed by atoms with Gasteiger partial charge in [-0.2, -0.15) is 0 Å². The fraction of sp³-hybridized carbons (Fsp3) is 0.429. The number of carboxylic acids is 1. The highest BCUT2D eigenvalue weighted by atomic mass is 35.5. The molecule has 1 amide bonds. The predicted octanol–water partition coefficient (Wildman–Crippen LogP) is 1.80. The average molecular weight is 315 g/mol. The number of carboxylic acid groups (broad SMARTS) is 1. The highest BCUT2D eigenvalue weighted by Crippen LogP contribution is 2.15. The Balaban J connectivity index is 2.12. The molecule has 1 unspecified atom stereocenters. The average Bonchev–Trinajstić information content (AvgIpc) is 2.45. The molecule has 0 heterocycles. The van der Waals surface area contributed by atoms with Gasteiger partial charge in [-0.1, -0.05) is 29.8 Å². The molecule has 0 fully saturated rings. The van der Waals surface area contributed by atoms with E-state index in [0.29, 0.717) is 30.8 Å². The summed E-state index contributed by atoms with van der Waals surface area (Å²) in [5.41, 5.74) is 6.25. The van der Waals surface area contributed by atoms with Crippen molar-refractivity contribution >= 4 is 23.7 Å². The summed E-state index contributed by atoms with van der Waals surface area (Å²) in [5, 5.41) is 11.8. The summed E-state index contributed by atoms with van der Waals surface area (Å²) in [6.45, 7) is 0.552. The number of amides is 1. The number of carbonyl (C=O) groups is 2. The number of aliphatic carboxylic acids is 1. The first kappa shape index (κ1) is 17.3. The van der Waals surface area contributed by atoms with Gasteiger partial charge in [0.2, 0.25) is 0 Å². The van der Waals surface area contributed by atoms with E-state index in [0.717, 1.165) is 5.56 Å². The summed E-state index contributed by atoms with van der Waals surface area (Å²) in [5.74, 6) is -1.04. The van der Waals surface area contributed by atoms with Gasteiger partial charge >= 0.3 is 12.1 Å². The number of hydrogen-bond acceptors (Lipinski definition) is 4. The van der Waals surface area contributed by atoms with Crippen LogP contribution in [0.2, 0.25) is 5.02 Å². The minimum absolute atomic E-state index is 0.226. The van der Waals surface area contributed by atoms with Crippen LogP contribution in [0.4, 0.5) is 4.79 Å². The second-order valence-corrected chi connectivity index (χ2v) is 4.90. The van der Waals surface area contributed by atoms with Crippen LogP contribution < -0.4 is 11.1 Å². The van der Waals surface area contributed by atoms with E-state index in [1.54, 1.807) is 6.07 Å². The summed E-state index contributed by atoms with van der Waals surface area (Å²) in [6.07, 6.45) is 0.783. The minimum atomic E-state index is -1.04. The van der Waals surface area contributed by atoms with Gasteiger partial charge in [-0.15, -0.1) is 0 Å². The molecule has 0 aliphatic rings. The molecular formula is C14H19ClN2O4. The van der Waals surface area contributed by atoms with Crippen LogP contribution in [-0.4, -0.2) is 36.4 Å². The number of carbonyl (C=O) groups excluding carboxylic acids is 1. The Morgan fingerprint density at radius 2 is 2.10 bits per heavy atom. The summed E-state index contributed by atoms with van der Waals surface area (Å²) in [6, 6.07) is 6.45. The standard InChI is InChI=1S/C14H19ClN2O4/c15-11-5-2-1-4-10(11)7-9-21-14(20)17-8-3-6-12(16)13(18)19/h1-2,4-5,12H,3,6-9,16H2,(H,17,20)(H,18,19). The molecule has 1 atom stereocenters. The van der Waals surface area contributed by atoms with Crippen molar-refractivity contribution in [3.8, 4) is 0 Å². The number of alkyl carbamates (subject to hydrolysis) is 1. The van der Waals surface area contributed by atoms with Crippen LogP contribution in [0, 0.1) is 0 Å². The number of benzene rings is 1. The maximum atomic E-state index is 11.4. The van der Waals surface area contributed by atoms with Crippen molar-refractivity contribution in [2.45, 2.75) is 25.3 Å². The van der Waals surface area contributed by atoms with Crippen molar-refractivity contribution in [1.82, 2.24) is 5.32 Å². The summed E-state index contributed by atoms with van der Waals surface area (Å²) < 4.78 is 5.00. The SMILES string of the molecule is NC(CCCNC(=O)OCCc1ccccc1Cl)C(=O)O. The van der Waals surface area contributed by atoms with Crippen molar-refractivity contribution in [1.29, 1.82) is 0 Å². The van der Waals surface area contributed by atoms with Gasteiger partial charge in [0.25, 0.3) is 0 Å². The van der Waals surface area contributed by atoms with Crippen LogP contribution in [0.15, 0.2) is 24.3 Å². The molecule has 0 aliphatic heterocycles. The normalized spacial score (nSPS) is 11.7. The third kappa shape index (κ3) is 6.97. The molecule has 1 aromatic carbocycles. The lowest BCUT2D eigenvalue weighted by Gasteiger charge is -2.09. The highest BCUT2D eigenvalue weighted by Gasteiger charge is 2.10. The van der Waals surface area contributed by atoms with E-state index in [-0.39, 0.29) is 6.61 Å². The van der Waals surface area contributed by atoms with Crippen LogP contribution >= 0.6 is 11.6 Å². The quantitative estimate of drug-likeness (QED) is 0.635. The van der Waals surface area contributed by atoms with E-state index in [9.17, 15) is 9.59 Å². The molecule has 0 saturated carbocycles. The number of halogens is 1. The molecular weight excluding hydrogens is 296 g/mol. The number of nitrogens with one attached hydrogen (secondary N) is 1. The molecule has 0 aliphatic carbocycles. The van der Waals surface area contributed by atoms with E-state index in [2.05, 4.69) is 5.32 Å². The molecule has 1 rings (SSSR count). The minimum Gasteiger partial charge on any atom is -0.480 e. The first-order valence-corrected chi connectivity index (χ1v) is 7.01. The zero-order chi connectivity index (χ0) is 15.7. The van der Waals surface area contributed by atoms with Gasteiger partial charge in [-0.3, -0.25) is 4.79 Å². The Morgan fingerprint density at radius 1 is 1.38 bits per heavy atom. The van der Waals surface area contributed by atoms with Gasteiger partial charge in [0.1, 0.15) is 6.04 Å². The lowest BCUT2D eigenvalue weighted by atomic mass is 10.2. The van der Waals surface area contributed by atoms with Crippen LogP contribution in [0.1, 0.15) is 18.4 Å². The topological polar surface area (TPSA) is 102 Å². The molecule has 21 heavy (non-hydrogen) atoms. The molecule has 7 heteroatoms. The maximum Gasteiger partial charge on any atom is 0.407 e. The molecule has 0 aromatic heterocycles. The second-order valence-electron chi connectivity index (χ2n) is 4.49. The van der Waals surface area contributed by atoms with Crippen molar-refractivity contribution in [2.75, 3.05) is 13.2 Å². The fourth-order valence-corrected chi connectivity index (χ4v) is 1.87. The molecule has 0 saturated heterocycles. The van der Waals surface area contributed by atoms with Crippen LogP contribution in [0.25, 0.3) is 0 Å². The summed E-state index contributed by atoms with van der Waals surface area (Å²) in [4.78, 5) is 21.9. The van der Waals surface area contributed by atoms with E-state index in [1.807, 2.05) is 18.2 Å². The Kier molecular flexibility index (Phi) is 7.56. The molecule has 1 aromatic rings. The lowest BCUT2D eigenvalue weighted by Crippen LogP contribution is -2.32. The van der Waals surface area contributed by atoms with Gasteiger partial charge in [0, 0.05) is 18.0 Å². The highest BCUT2D eigenvalue weighted by molar-refractivity contribution is 6.31. The number of ether oxygens (including phenoxy) is 1. The monoisotopic (exact) mass is 314 g/mol. The van der Waals surface area contributed by atoms with Gasteiger partial charge in [0.05, 0.1) is 6.61 Å². The Hall–Kier alpha value is -1.79. The molecule has 6 nitrogen and oxygen atoms in total. The zero-order valence-electron chi connectivity index (χ0n) is 11.5. The summed E-state index contributed by atoms with van der Waals surface area (Å²) in [7, 11) is 0. The molecule has 116 valence electrons. The number of hydrogen-bond donors (Lipinski definition) is 3. The van der Waals surface area contributed by atoms with E-state index >= 15 is 0 Å². The molecule has 0 spiro atoms. The Morgan fingerprint density at radius 3 is 2.76 bits per heavy atom. The van der Waals surface area contributed by atoms with Crippen molar-refractivity contribution in [2.24, 2.45) is 5.73 Å². The van der Waals surface area contributed by atoms with E-state index in [4.69, 9.17) is 27.2 Å². The molecule has 0 bridgehead atoms. The van der Waals surface area contributed by atoms with Crippen LogP contribution in [0.3, 0.4) is 0 Å².